The molecule has 0 aliphatic heterocycles. The molecule has 1 saturated carbocycles. The smallest absolute Gasteiger partial charge is 0.449 e. The van der Waals surface area contributed by atoms with Crippen molar-refractivity contribution in [1.82, 2.24) is 20.0 Å². The van der Waals surface area contributed by atoms with E-state index in [2.05, 4.69) is 22.2 Å². The predicted molar refractivity (Wildman–Crippen MR) is 133 cm³/mol. The van der Waals surface area contributed by atoms with Crippen molar-refractivity contribution in [2.24, 2.45) is 11.8 Å². The second-order valence-electron chi connectivity index (χ2n) is 9.33. The zero-order chi connectivity index (χ0) is 24.9. The van der Waals surface area contributed by atoms with E-state index < -0.39 is 6.16 Å². The van der Waals surface area contributed by atoms with Crippen LogP contribution in [0.4, 0.5) is 10.6 Å². The summed E-state index contributed by atoms with van der Waals surface area (Å²) in [4.78, 5) is 26.5. The van der Waals surface area contributed by atoms with E-state index in [4.69, 9.17) is 4.74 Å². The van der Waals surface area contributed by atoms with Gasteiger partial charge >= 0.3 is 6.16 Å². The average Bonchev–Trinajstić information content (AvgIpc) is 3.49. The first kappa shape index (κ1) is 24.3. The topological polar surface area (TPSA) is 113 Å². The Bertz CT molecular complexity index is 1170. The molecule has 0 atom stereocenters. The molecule has 0 bridgehead atoms. The summed E-state index contributed by atoms with van der Waals surface area (Å²) < 4.78 is 6.60. The van der Waals surface area contributed by atoms with Crippen LogP contribution >= 0.6 is 0 Å². The number of carbonyl (C=O) groups is 2. The average molecular weight is 478 g/mol. The minimum absolute atomic E-state index is 0.0342. The number of ether oxygens (including phenoxy) is 1. The van der Waals surface area contributed by atoms with Crippen LogP contribution in [0, 0.1) is 11.8 Å². The fraction of sp³-hybridized carbons (Fsp3) is 0.385. The lowest BCUT2D eigenvalue weighted by Crippen LogP contribution is -2.42. The maximum atomic E-state index is 13.5. The quantitative estimate of drug-likeness (QED) is 0.441. The number of amides is 1. The van der Waals surface area contributed by atoms with E-state index in [1.54, 1.807) is 15.8 Å². The number of rotatable bonds is 7. The molecule has 3 aromatic rings. The van der Waals surface area contributed by atoms with Gasteiger partial charge in [-0.15, -0.1) is 5.10 Å². The van der Waals surface area contributed by atoms with Crippen molar-refractivity contribution in [3.05, 3.63) is 54.0 Å². The van der Waals surface area contributed by atoms with Crippen molar-refractivity contribution < 1.29 is 19.4 Å². The zero-order valence-electron chi connectivity index (χ0n) is 20.2. The molecular weight excluding hydrogens is 446 g/mol. The Labute approximate surface area is 204 Å². The zero-order valence-corrected chi connectivity index (χ0v) is 20.2. The lowest BCUT2D eigenvalue weighted by atomic mass is 9.82. The molecule has 2 aromatic heterocycles. The number of carboxylic acid groups (broad SMARTS) is 1. The summed E-state index contributed by atoms with van der Waals surface area (Å²) in [5.74, 6) is 0.735. The van der Waals surface area contributed by atoms with E-state index in [0.717, 1.165) is 36.9 Å². The van der Waals surface area contributed by atoms with Crippen LogP contribution in [0.3, 0.4) is 0 Å². The molecule has 0 spiro atoms. The Kier molecular flexibility index (Phi) is 7.33. The van der Waals surface area contributed by atoms with Gasteiger partial charge in [0.2, 0.25) is 11.7 Å². The minimum atomic E-state index is -1.45. The fourth-order valence-electron chi connectivity index (χ4n) is 4.41. The lowest BCUT2D eigenvalue weighted by molar-refractivity contribution is -0.124. The molecule has 184 valence electrons. The molecule has 4 rings (SSSR count). The molecular formula is C26H31N5O4. The summed E-state index contributed by atoms with van der Waals surface area (Å²) in [5.41, 5.74) is 2.59. The van der Waals surface area contributed by atoms with E-state index in [9.17, 15) is 14.7 Å². The van der Waals surface area contributed by atoms with Crippen LogP contribution in [-0.4, -0.2) is 43.2 Å². The van der Waals surface area contributed by atoms with Crippen LogP contribution in [0.1, 0.15) is 57.7 Å². The van der Waals surface area contributed by atoms with Crippen LogP contribution in [0.15, 0.2) is 42.7 Å². The SMILES string of the molecule is CC1CCC(C(=O)N(c2nn(-c3ccc(/C=C/c4ccn[nH]4)cc3)cc2OC(=O)O)C(C)C)CC1. The molecule has 1 aromatic carbocycles. The van der Waals surface area contributed by atoms with Crippen LogP contribution in [-0.2, 0) is 4.79 Å². The lowest BCUT2D eigenvalue weighted by Gasteiger charge is -2.32. The number of aromatic nitrogens is 4. The number of nitrogens with zero attached hydrogens (tertiary/aromatic N) is 4. The van der Waals surface area contributed by atoms with Gasteiger partial charge in [-0.1, -0.05) is 25.1 Å². The normalized spacial score (nSPS) is 18.2. The Morgan fingerprint density at radius 2 is 1.86 bits per heavy atom. The monoisotopic (exact) mass is 477 g/mol. The largest absolute Gasteiger partial charge is 0.511 e. The molecule has 1 aliphatic carbocycles. The van der Waals surface area contributed by atoms with Gasteiger partial charge in [-0.25, -0.2) is 9.48 Å². The number of hydrogen-bond acceptors (Lipinski definition) is 5. The first-order valence-corrected chi connectivity index (χ1v) is 11.9. The van der Waals surface area contributed by atoms with E-state index in [1.165, 1.54) is 6.20 Å². The highest BCUT2D eigenvalue weighted by Gasteiger charge is 2.34. The Balaban J connectivity index is 1.62. The van der Waals surface area contributed by atoms with E-state index in [0.29, 0.717) is 11.6 Å². The van der Waals surface area contributed by atoms with Crippen LogP contribution in [0.25, 0.3) is 17.8 Å². The third-order valence-electron chi connectivity index (χ3n) is 6.34. The molecule has 2 heterocycles. The fourth-order valence-corrected chi connectivity index (χ4v) is 4.41. The van der Waals surface area contributed by atoms with Crippen molar-refractivity contribution in [3.63, 3.8) is 0 Å². The third-order valence-corrected chi connectivity index (χ3v) is 6.34. The molecule has 2 N–H and O–H groups in total. The molecule has 1 amide bonds. The standard InChI is InChI=1S/C26H31N5O4/c1-17(2)31(25(32)20-9-4-18(3)5-10-20)24-23(35-26(33)34)16-30(29-24)22-12-7-19(8-13-22)6-11-21-14-15-27-28-21/h6-8,11-18,20H,4-5,9-10H2,1-3H3,(H,27,28)(H,33,34)/b11-6+. The highest BCUT2D eigenvalue weighted by atomic mass is 16.7. The predicted octanol–water partition coefficient (Wildman–Crippen LogP) is 5.39. The second kappa shape index (κ2) is 10.6. The van der Waals surface area contributed by atoms with Crippen molar-refractivity contribution in [1.29, 1.82) is 0 Å². The first-order valence-electron chi connectivity index (χ1n) is 11.9. The number of aromatic amines is 1. The van der Waals surface area contributed by atoms with Gasteiger partial charge in [-0.2, -0.15) is 5.10 Å². The van der Waals surface area contributed by atoms with Gasteiger partial charge < -0.3 is 9.84 Å². The van der Waals surface area contributed by atoms with Gasteiger partial charge in [0.05, 0.1) is 17.6 Å². The molecule has 0 saturated heterocycles. The summed E-state index contributed by atoms with van der Waals surface area (Å²) in [6.07, 6.45) is 9.29. The van der Waals surface area contributed by atoms with Crippen molar-refractivity contribution in [2.75, 3.05) is 4.90 Å². The number of carbonyl (C=O) groups excluding carboxylic acids is 1. The summed E-state index contributed by atoms with van der Waals surface area (Å²) in [5, 5.41) is 20.7. The van der Waals surface area contributed by atoms with Crippen LogP contribution in [0.5, 0.6) is 5.75 Å². The maximum absolute atomic E-state index is 13.5. The number of hydrogen-bond donors (Lipinski definition) is 2. The number of nitrogens with one attached hydrogen (secondary N) is 1. The molecule has 9 heteroatoms. The second-order valence-corrected chi connectivity index (χ2v) is 9.33. The summed E-state index contributed by atoms with van der Waals surface area (Å²) >= 11 is 0. The van der Waals surface area contributed by atoms with E-state index in [1.807, 2.05) is 56.3 Å². The molecule has 35 heavy (non-hydrogen) atoms. The Morgan fingerprint density at radius 1 is 1.14 bits per heavy atom. The minimum Gasteiger partial charge on any atom is -0.449 e. The number of anilines is 1. The van der Waals surface area contributed by atoms with Crippen molar-refractivity contribution >= 4 is 30.0 Å². The molecule has 1 aliphatic rings. The van der Waals surface area contributed by atoms with Gasteiger partial charge in [-0.3, -0.25) is 14.8 Å². The maximum Gasteiger partial charge on any atom is 0.511 e. The number of H-pyrrole nitrogens is 1. The highest BCUT2D eigenvalue weighted by Crippen LogP contribution is 2.35. The summed E-state index contributed by atoms with van der Waals surface area (Å²) in [7, 11) is 0. The van der Waals surface area contributed by atoms with Crippen LogP contribution < -0.4 is 9.64 Å². The number of benzene rings is 1. The molecule has 0 unspecified atom stereocenters. The van der Waals surface area contributed by atoms with Gasteiger partial charge in [0, 0.05) is 18.2 Å². The van der Waals surface area contributed by atoms with E-state index >= 15 is 0 Å². The van der Waals surface area contributed by atoms with Gasteiger partial charge in [0.15, 0.2) is 5.75 Å². The summed E-state index contributed by atoms with van der Waals surface area (Å²) in [6, 6.07) is 9.26. The van der Waals surface area contributed by atoms with Gasteiger partial charge in [0.1, 0.15) is 0 Å². The molecule has 9 nitrogen and oxygen atoms in total. The third kappa shape index (κ3) is 5.79. The van der Waals surface area contributed by atoms with E-state index in [-0.39, 0.29) is 29.4 Å². The summed E-state index contributed by atoms with van der Waals surface area (Å²) in [6.45, 7) is 6.00. The molecule has 0 radical (unpaired) electrons. The molecule has 1 fully saturated rings. The van der Waals surface area contributed by atoms with Gasteiger partial charge in [0.25, 0.3) is 0 Å². The Morgan fingerprint density at radius 3 is 2.46 bits per heavy atom. The Hall–Kier alpha value is -3.88. The van der Waals surface area contributed by atoms with Gasteiger partial charge in [-0.05, 0) is 75.3 Å². The van der Waals surface area contributed by atoms with Crippen molar-refractivity contribution in [2.45, 2.75) is 52.5 Å². The first-order chi connectivity index (χ1) is 16.8. The van der Waals surface area contributed by atoms with Crippen molar-refractivity contribution in [3.8, 4) is 11.4 Å². The van der Waals surface area contributed by atoms with Crippen LogP contribution in [0.2, 0.25) is 0 Å². The highest BCUT2D eigenvalue weighted by molar-refractivity contribution is 5.96.